The van der Waals surface area contributed by atoms with Crippen molar-refractivity contribution in [1.29, 1.82) is 0 Å². The Hall–Kier alpha value is -2.78. The van der Waals surface area contributed by atoms with Gasteiger partial charge in [0.25, 0.3) is 0 Å². The van der Waals surface area contributed by atoms with Crippen molar-refractivity contribution in [3.63, 3.8) is 0 Å². The van der Waals surface area contributed by atoms with Gasteiger partial charge in [0.15, 0.2) is 11.5 Å². The first-order valence-electron chi connectivity index (χ1n) is 8.92. The van der Waals surface area contributed by atoms with Gasteiger partial charge < -0.3 is 9.09 Å². The van der Waals surface area contributed by atoms with Gasteiger partial charge in [-0.05, 0) is 45.9 Å². The van der Waals surface area contributed by atoms with Crippen LogP contribution in [0, 0.1) is 33.5 Å². The van der Waals surface area contributed by atoms with Crippen LogP contribution in [0.25, 0.3) is 5.69 Å². The molecule has 0 N–H and O–H groups in total. The number of likely N-dealkylation sites (N-methyl/N-ethyl adjacent to an activating group) is 1. The molecule has 9 heteroatoms. The number of aryl methyl sites for hydroxylation is 3. The molecule has 1 aromatic carbocycles. The van der Waals surface area contributed by atoms with Crippen LogP contribution in [0.15, 0.2) is 39.8 Å². The number of hydrogen-bond acceptors (Lipinski definition) is 5. The number of hydrogen-bond donors (Lipinski definition) is 0. The molecule has 29 heavy (non-hydrogen) atoms. The summed E-state index contributed by atoms with van der Waals surface area (Å²) in [5.74, 6) is -0.635. The molecule has 0 saturated carbocycles. The Morgan fingerprint density at radius 1 is 1.21 bits per heavy atom. The minimum Gasteiger partial charge on any atom is -0.360 e. The van der Waals surface area contributed by atoms with Gasteiger partial charge >= 0.3 is 0 Å². The maximum absolute atomic E-state index is 14.2. The van der Waals surface area contributed by atoms with Gasteiger partial charge in [0, 0.05) is 24.0 Å². The molecule has 2 heterocycles. The number of aromatic nitrogens is 2. The largest absolute Gasteiger partial charge is 0.360 e. The zero-order valence-electron chi connectivity index (χ0n) is 16.9. The van der Waals surface area contributed by atoms with Crippen molar-refractivity contribution in [2.45, 2.75) is 32.6 Å². The lowest BCUT2D eigenvalue weighted by Crippen LogP contribution is -2.33. The van der Waals surface area contributed by atoms with E-state index in [9.17, 15) is 17.6 Å². The zero-order chi connectivity index (χ0) is 21.5. The number of ketones is 1. The summed E-state index contributed by atoms with van der Waals surface area (Å²) in [6.07, 6.45) is 0. The molecule has 0 bridgehead atoms. The van der Waals surface area contributed by atoms with Gasteiger partial charge in [-0.1, -0.05) is 17.3 Å². The lowest BCUT2D eigenvalue weighted by atomic mass is 10.1. The highest BCUT2D eigenvalue weighted by Gasteiger charge is 2.30. The Balaban J connectivity index is 1.93. The summed E-state index contributed by atoms with van der Waals surface area (Å²) in [5, 5.41) is 3.67. The van der Waals surface area contributed by atoms with Gasteiger partial charge in [0.2, 0.25) is 10.0 Å². The van der Waals surface area contributed by atoms with Crippen molar-refractivity contribution in [2.24, 2.45) is 0 Å². The second kappa shape index (κ2) is 7.57. The number of Topliss-reactive ketones (excluding diaryl/α,β-unsaturated/α-hetero) is 1. The second-order valence-corrected chi connectivity index (χ2v) is 8.89. The molecule has 154 valence electrons. The van der Waals surface area contributed by atoms with Crippen LogP contribution in [-0.4, -0.2) is 41.8 Å². The van der Waals surface area contributed by atoms with Crippen LogP contribution < -0.4 is 0 Å². The summed E-state index contributed by atoms with van der Waals surface area (Å²) < 4.78 is 47.5. The van der Waals surface area contributed by atoms with Gasteiger partial charge in [-0.3, -0.25) is 4.79 Å². The molecule has 0 aliphatic carbocycles. The molecule has 0 amide bonds. The third-order valence-corrected chi connectivity index (χ3v) is 6.88. The highest BCUT2D eigenvalue weighted by molar-refractivity contribution is 7.89. The summed E-state index contributed by atoms with van der Waals surface area (Å²) in [5.41, 5.74) is 2.12. The molecule has 2 aromatic heterocycles. The molecule has 3 aromatic rings. The van der Waals surface area contributed by atoms with E-state index in [-0.39, 0.29) is 22.9 Å². The number of nitrogens with zero attached hydrogens (tertiary/aromatic N) is 3. The SMILES string of the molecule is Cc1noc(C)c1S(=O)(=O)N(C)CC(=O)c1cc(C)n(-c2ccccc2F)c1C. The Bertz CT molecular complexity index is 1180. The molecule has 0 aliphatic heterocycles. The van der Waals surface area contributed by atoms with Crippen molar-refractivity contribution in [2.75, 3.05) is 13.6 Å². The molecule has 0 fully saturated rings. The van der Waals surface area contributed by atoms with Crippen molar-refractivity contribution < 1.29 is 22.1 Å². The third kappa shape index (κ3) is 3.63. The Morgan fingerprint density at radius 2 is 1.86 bits per heavy atom. The van der Waals surface area contributed by atoms with Gasteiger partial charge in [0.1, 0.15) is 16.4 Å². The molecular formula is C20H22FN3O4S. The fraction of sp³-hybridized carbons (Fsp3) is 0.300. The minimum atomic E-state index is -3.95. The molecule has 0 atom stereocenters. The monoisotopic (exact) mass is 419 g/mol. The molecule has 0 aliphatic rings. The number of benzene rings is 1. The van der Waals surface area contributed by atoms with E-state index in [4.69, 9.17) is 4.52 Å². The van der Waals surface area contributed by atoms with Crippen LogP contribution in [-0.2, 0) is 10.0 Å². The Kier molecular flexibility index (Phi) is 5.46. The van der Waals surface area contributed by atoms with Crippen molar-refractivity contribution in [1.82, 2.24) is 14.0 Å². The standard InChI is InChI=1S/C20H22FN3O4S/c1-12-10-16(14(3)24(12)18-9-7-6-8-17(18)21)19(25)11-23(5)29(26,27)20-13(2)22-28-15(20)4/h6-10H,11H2,1-5H3. The summed E-state index contributed by atoms with van der Waals surface area (Å²) in [4.78, 5) is 12.9. The molecule has 0 saturated heterocycles. The normalized spacial score (nSPS) is 12.0. The highest BCUT2D eigenvalue weighted by atomic mass is 32.2. The number of sulfonamides is 1. The van der Waals surface area contributed by atoms with E-state index in [0.29, 0.717) is 22.6 Å². The minimum absolute atomic E-state index is 0.0374. The molecule has 3 rings (SSSR count). The highest BCUT2D eigenvalue weighted by Crippen LogP contribution is 2.25. The van der Waals surface area contributed by atoms with E-state index in [1.165, 1.54) is 27.0 Å². The van der Waals surface area contributed by atoms with Gasteiger partial charge in [-0.25, -0.2) is 12.8 Å². The second-order valence-electron chi connectivity index (χ2n) is 6.91. The molecular weight excluding hydrogens is 397 g/mol. The molecule has 0 unspecified atom stereocenters. The molecule has 0 radical (unpaired) electrons. The lowest BCUT2D eigenvalue weighted by molar-refractivity contribution is 0.0972. The van der Waals surface area contributed by atoms with Crippen molar-refractivity contribution >= 4 is 15.8 Å². The Morgan fingerprint density at radius 3 is 2.45 bits per heavy atom. The maximum atomic E-state index is 14.2. The predicted octanol–water partition coefficient (Wildman–Crippen LogP) is 3.34. The van der Waals surface area contributed by atoms with Gasteiger partial charge in [-0.2, -0.15) is 4.31 Å². The fourth-order valence-electron chi connectivity index (χ4n) is 3.42. The first kappa shape index (κ1) is 20.9. The number of para-hydroxylation sites is 1. The first-order chi connectivity index (χ1) is 13.6. The molecule has 0 spiro atoms. The Labute approximate surface area is 168 Å². The average molecular weight is 419 g/mol. The van der Waals surface area contributed by atoms with Crippen LogP contribution in [0.3, 0.4) is 0 Å². The van der Waals surface area contributed by atoms with Crippen LogP contribution in [0.1, 0.15) is 33.2 Å². The number of rotatable bonds is 6. The summed E-state index contributed by atoms with van der Waals surface area (Å²) in [6.45, 7) is 6.13. The van der Waals surface area contributed by atoms with E-state index in [1.807, 2.05) is 0 Å². The van der Waals surface area contributed by atoms with Crippen LogP contribution in [0.2, 0.25) is 0 Å². The quantitative estimate of drug-likeness (QED) is 0.572. The number of halogens is 1. The number of carbonyl (C=O) groups is 1. The topological polar surface area (TPSA) is 85.4 Å². The van der Waals surface area contributed by atoms with Gasteiger partial charge in [0.05, 0.1) is 12.2 Å². The lowest BCUT2D eigenvalue weighted by Gasteiger charge is -2.16. The summed E-state index contributed by atoms with van der Waals surface area (Å²) >= 11 is 0. The van der Waals surface area contributed by atoms with Crippen molar-refractivity contribution in [3.8, 4) is 5.69 Å². The predicted molar refractivity (Wildman–Crippen MR) is 105 cm³/mol. The van der Waals surface area contributed by atoms with Crippen LogP contribution in [0.5, 0.6) is 0 Å². The van der Waals surface area contributed by atoms with Crippen LogP contribution in [0.4, 0.5) is 4.39 Å². The first-order valence-corrected chi connectivity index (χ1v) is 10.4. The summed E-state index contributed by atoms with van der Waals surface area (Å²) in [7, 11) is -2.62. The fourth-order valence-corrected chi connectivity index (χ4v) is 4.83. The smallest absolute Gasteiger partial charge is 0.248 e. The zero-order valence-corrected chi connectivity index (χ0v) is 17.7. The number of carbonyl (C=O) groups excluding carboxylic acids is 1. The van der Waals surface area contributed by atoms with E-state index in [2.05, 4.69) is 5.16 Å². The van der Waals surface area contributed by atoms with E-state index in [0.717, 1.165) is 4.31 Å². The van der Waals surface area contributed by atoms with Gasteiger partial charge in [-0.15, -0.1) is 0 Å². The third-order valence-electron chi connectivity index (χ3n) is 4.83. The molecule has 7 nitrogen and oxygen atoms in total. The maximum Gasteiger partial charge on any atom is 0.248 e. The summed E-state index contributed by atoms with van der Waals surface area (Å²) in [6, 6.07) is 7.91. The average Bonchev–Trinajstić information content (AvgIpc) is 3.14. The van der Waals surface area contributed by atoms with E-state index < -0.39 is 21.6 Å². The van der Waals surface area contributed by atoms with E-state index in [1.54, 1.807) is 42.7 Å². The van der Waals surface area contributed by atoms with Crippen LogP contribution >= 0.6 is 0 Å². The van der Waals surface area contributed by atoms with E-state index >= 15 is 0 Å². The van der Waals surface area contributed by atoms with Crippen molar-refractivity contribution in [3.05, 3.63) is 64.6 Å².